The minimum absolute atomic E-state index is 0.212. The first kappa shape index (κ1) is 23.5. The van der Waals surface area contributed by atoms with Gasteiger partial charge in [0.1, 0.15) is 5.57 Å². The summed E-state index contributed by atoms with van der Waals surface area (Å²) in [6, 6.07) is 9.16. The standard InChI is InChI=1S/C24H24N2O7/c1-5-32-21(27)13-33-19-7-6-16(12-20(19)31-4)11-18-22(28)25-24(30)26(23(18)29)17-9-14(2)8-15(3)10-17/h6-12H,5,13H2,1-4H3,(H,25,28,30). The number of carbonyl (C=O) groups is 4. The number of aryl methyl sites for hydroxylation is 2. The highest BCUT2D eigenvalue weighted by Crippen LogP contribution is 2.30. The molecule has 1 heterocycles. The number of methoxy groups -OCH3 is 1. The number of hydrogen-bond donors (Lipinski definition) is 1. The summed E-state index contributed by atoms with van der Waals surface area (Å²) in [4.78, 5) is 50.4. The first-order valence-electron chi connectivity index (χ1n) is 10.2. The molecule has 1 fully saturated rings. The zero-order chi connectivity index (χ0) is 24.1. The van der Waals surface area contributed by atoms with E-state index < -0.39 is 23.8 Å². The number of nitrogens with zero attached hydrogens (tertiary/aromatic N) is 1. The average molecular weight is 452 g/mol. The molecule has 4 amide bonds. The van der Waals surface area contributed by atoms with Crippen LogP contribution in [0.4, 0.5) is 10.5 Å². The maximum atomic E-state index is 13.1. The summed E-state index contributed by atoms with van der Waals surface area (Å²) < 4.78 is 15.5. The lowest BCUT2D eigenvalue weighted by Gasteiger charge is -2.27. The number of urea groups is 1. The molecule has 0 radical (unpaired) electrons. The van der Waals surface area contributed by atoms with E-state index in [1.165, 1.54) is 13.2 Å². The Kier molecular flexibility index (Phi) is 7.12. The summed E-state index contributed by atoms with van der Waals surface area (Å²) in [6.07, 6.45) is 1.36. The van der Waals surface area contributed by atoms with Gasteiger partial charge in [-0.2, -0.15) is 0 Å². The Morgan fingerprint density at radius 3 is 2.36 bits per heavy atom. The van der Waals surface area contributed by atoms with Crippen LogP contribution in [0.15, 0.2) is 42.0 Å². The van der Waals surface area contributed by atoms with Gasteiger partial charge in [0.2, 0.25) is 0 Å². The molecule has 0 aliphatic carbocycles. The van der Waals surface area contributed by atoms with Gasteiger partial charge in [-0.05, 0) is 67.8 Å². The molecule has 9 heteroatoms. The lowest BCUT2D eigenvalue weighted by Crippen LogP contribution is -2.54. The Balaban J connectivity index is 1.90. The topological polar surface area (TPSA) is 111 Å². The molecule has 1 saturated heterocycles. The molecule has 9 nitrogen and oxygen atoms in total. The van der Waals surface area contributed by atoms with Crippen LogP contribution >= 0.6 is 0 Å². The molecule has 0 spiro atoms. The zero-order valence-electron chi connectivity index (χ0n) is 18.8. The van der Waals surface area contributed by atoms with E-state index in [4.69, 9.17) is 14.2 Å². The van der Waals surface area contributed by atoms with E-state index in [0.29, 0.717) is 22.7 Å². The van der Waals surface area contributed by atoms with Crippen molar-refractivity contribution in [1.29, 1.82) is 0 Å². The zero-order valence-corrected chi connectivity index (χ0v) is 18.8. The van der Waals surface area contributed by atoms with Crippen LogP contribution in [0.2, 0.25) is 0 Å². The third-order valence-electron chi connectivity index (χ3n) is 4.72. The van der Waals surface area contributed by atoms with Gasteiger partial charge in [0.05, 0.1) is 19.4 Å². The van der Waals surface area contributed by atoms with Crippen molar-refractivity contribution in [2.45, 2.75) is 20.8 Å². The number of benzene rings is 2. The SMILES string of the molecule is CCOC(=O)COc1ccc(C=C2C(=O)NC(=O)N(c3cc(C)cc(C)c3)C2=O)cc1OC. The minimum atomic E-state index is -0.813. The number of hydrogen-bond acceptors (Lipinski definition) is 7. The quantitative estimate of drug-likeness (QED) is 0.391. The van der Waals surface area contributed by atoms with E-state index in [9.17, 15) is 19.2 Å². The maximum absolute atomic E-state index is 13.1. The van der Waals surface area contributed by atoms with E-state index in [0.717, 1.165) is 16.0 Å². The normalized spacial score (nSPS) is 14.8. The highest BCUT2D eigenvalue weighted by Gasteiger charge is 2.37. The van der Waals surface area contributed by atoms with Crippen molar-refractivity contribution >= 4 is 35.6 Å². The number of esters is 1. The molecule has 0 aromatic heterocycles. The van der Waals surface area contributed by atoms with Gasteiger partial charge in [0.15, 0.2) is 18.1 Å². The fraction of sp³-hybridized carbons (Fsp3) is 0.250. The second-order valence-electron chi connectivity index (χ2n) is 7.31. The Morgan fingerprint density at radius 1 is 1.03 bits per heavy atom. The van der Waals surface area contributed by atoms with Crippen molar-refractivity contribution in [2.75, 3.05) is 25.2 Å². The summed E-state index contributed by atoms with van der Waals surface area (Å²) in [6.45, 7) is 5.34. The lowest BCUT2D eigenvalue weighted by atomic mass is 10.0. The second-order valence-corrected chi connectivity index (χ2v) is 7.31. The molecular formula is C24H24N2O7. The fourth-order valence-corrected chi connectivity index (χ4v) is 3.37. The molecule has 1 aliphatic rings. The van der Waals surface area contributed by atoms with Gasteiger partial charge in [-0.15, -0.1) is 0 Å². The largest absolute Gasteiger partial charge is 0.493 e. The number of nitrogens with one attached hydrogen (secondary N) is 1. The van der Waals surface area contributed by atoms with Crippen LogP contribution in [0.25, 0.3) is 6.08 Å². The summed E-state index contributed by atoms with van der Waals surface area (Å²) >= 11 is 0. The van der Waals surface area contributed by atoms with E-state index >= 15 is 0 Å². The third kappa shape index (κ3) is 5.38. The van der Waals surface area contributed by atoms with Crippen LogP contribution < -0.4 is 19.7 Å². The number of imide groups is 2. The van der Waals surface area contributed by atoms with Crippen LogP contribution in [-0.2, 0) is 19.1 Å². The van der Waals surface area contributed by atoms with Crippen LogP contribution in [0.5, 0.6) is 11.5 Å². The van der Waals surface area contributed by atoms with Gasteiger partial charge in [-0.25, -0.2) is 14.5 Å². The van der Waals surface area contributed by atoms with Gasteiger partial charge >= 0.3 is 12.0 Å². The summed E-state index contributed by atoms with van der Waals surface area (Å²) in [7, 11) is 1.42. The van der Waals surface area contributed by atoms with E-state index in [2.05, 4.69) is 5.32 Å². The first-order valence-corrected chi connectivity index (χ1v) is 10.2. The van der Waals surface area contributed by atoms with Gasteiger partial charge < -0.3 is 14.2 Å². The molecule has 1 aliphatic heterocycles. The molecule has 172 valence electrons. The Hall–Kier alpha value is -4.14. The molecule has 0 bridgehead atoms. The number of anilines is 1. The Morgan fingerprint density at radius 2 is 1.73 bits per heavy atom. The van der Waals surface area contributed by atoms with E-state index in [1.54, 1.807) is 37.3 Å². The second kappa shape index (κ2) is 9.99. The molecule has 3 rings (SSSR count). The molecule has 0 unspecified atom stereocenters. The predicted molar refractivity (Wildman–Crippen MR) is 120 cm³/mol. The molecule has 1 N–H and O–H groups in total. The molecular weight excluding hydrogens is 428 g/mol. The van der Waals surface area contributed by atoms with Gasteiger partial charge in [-0.3, -0.25) is 14.9 Å². The van der Waals surface area contributed by atoms with Gasteiger partial charge in [0, 0.05) is 0 Å². The molecule has 2 aromatic carbocycles. The van der Waals surface area contributed by atoms with Crippen LogP contribution in [0.1, 0.15) is 23.6 Å². The van der Waals surface area contributed by atoms with Crippen LogP contribution in [0, 0.1) is 13.8 Å². The molecule has 0 saturated carbocycles. The van der Waals surface area contributed by atoms with E-state index in [-0.39, 0.29) is 18.8 Å². The fourth-order valence-electron chi connectivity index (χ4n) is 3.37. The van der Waals surface area contributed by atoms with Crippen LogP contribution in [-0.4, -0.2) is 44.1 Å². The lowest BCUT2D eigenvalue weighted by molar-refractivity contribution is -0.145. The molecule has 2 aromatic rings. The summed E-state index contributed by atoms with van der Waals surface area (Å²) in [5.41, 5.74) is 2.36. The molecule has 33 heavy (non-hydrogen) atoms. The van der Waals surface area contributed by atoms with Crippen LogP contribution in [0.3, 0.4) is 0 Å². The van der Waals surface area contributed by atoms with Crippen molar-refractivity contribution in [1.82, 2.24) is 5.32 Å². The number of carbonyl (C=O) groups excluding carboxylic acids is 4. The summed E-state index contributed by atoms with van der Waals surface area (Å²) in [5, 5.41) is 2.20. The van der Waals surface area contributed by atoms with E-state index in [1.807, 2.05) is 19.9 Å². The van der Waals surface area contributed by atoms with Crippen molar-refractivity contribution < 1.29 is 33.4 Å². The number of barbiturate groups is 1. The summed E-state index contributed by atoms with van der Waals surface area (Å²) in [5.74, 6) is -1.48. The smallest absolute Gasteiger partial charge is 0.344 e. The highest BCUT2D eigenvalue weighted by molar-refractivity contribution is 6.39. The van der Waals surface area contributed by atoms with Crippen molar-refractivity contribution in [3.63, 3.8) is 0 Å². The van der Waals surface area contributed by atoms with Gasteiger partial charge in [-0.1, -0.05) is 12.1 Å². The minimum Gasteiger partial charge on any atom is -0.493 e. The Bertz CT molecular complexity index is 1130. The predicted octanol–water partition coefficient (Wildman–Crippen LogP) is 2.92. The van der Waals surface area contributed by atoms with Gasteiger partial charge in [0.25, 0.3) is 11.8 Å². The molecule has 0 atom stereocenters. The third-order valence-corrected chi connectivity index (χ3v) is 4.72. The first-order chi connectivity index (χ1) is 15.7. The number of ether oxygens (including phenoxy) is 3. The average Bonchev–Trinajstić information content (AvgIpc) is 2.75. The number of amides is 4. The highest BCUT2D eigenvalue weighted by atomic mass is 16.6. The van der Waals surface area contributed by atoms with Crippen molar-refractivity contribution in [2.24, 2.45) is 0 Å². The number of rotatable bonds is 7. The van der Waals surface area contributed by atoms with Crippen molar-refractivity contribution in [3.05, 3.63) is 58.7 Å². The van der Waals surface area contributed by atoms with Crippen molar-refractivity contribution in [3.8, 4) is 11.5 Å². The Labute approximate surface area is 190 Å². The monoisotopic (exact) mass is 452 g/mol. The maximum Gasteiger partial charge on any atom is 0.344 e.